The highest BCUT2D eigenvalue weighted by molar-refractivity contribution is 5.97. The minimum Gasteiger partial charge on any atom is -0.341 e. The maximum absolute atomic E-state index is 13.0. The van der Waals surface area contributed by atoms with Crippen molar-refractivity contribution in [2.24, 2.45) is 0 Å². The number of rotatable bonds is 5. The van der Waals surface area contributed by atoms with Gasteiger partial charge in [0.25, 0.3) is 5.91 Å². The van der Waals surface area contributed by atoms with E-state index in [4.69, 9.17) is 0 Å². The zero-order valence-corrected chi connectivity index (χ0v) is 14.2. The molecule has 130 valence electrons. The first-order valence-corrected chi connectivity index (χ1v) is 8.77. The van der Waals surface area contributed by atoms with E-state index in [-0.39, 0.29) is 11.8 Å². The van der Waals surface area contributed by atoms with Crippen LogP contribution in [0, 0.1) is 0 Å². The second-order valence-electron chi connectivity index (χ2n) is 6.34. The van der Waals surface area contributed by atoms with Gasteiger partial charge in [-0.3, -0.25) is 14.6 Å². The Balaban J connectivity index is 1.75. The summed E-state index contributed by atoms with van der Waals surface area (Å²) < 4.78 is 0. The molecule has 1 aromatic carbocycles. The van der Waals surface area contributed by atoms with Gasteiger partial charge >= 0.3 is 0 Å². The molecule has 0 aliphatic carbocycles. The Morgan fingerprint density at radius 1 is 1.04 bits per heavy atom. The third-order valence-corrected chi connectivity index (χ3v) is 4.48. The normalized spacial score (nSPS) is 15.4. The van der Waals surface area contributed by atoms with Crippen LogP contribution in [0.1, 0.15) is 35.2 Å². The van der Waals surface area contributed by atoms with E-state index in [1.165, 1.54) is 6.20 Å². The van der Waals surface area contributed by atoms with Gasteiger partial charge in [-0.05, 0) is 37.0 Å². The fraction of sp³-hybridized carbons (Fsp3) is 0.350. The first-order chi connectivity index (χ1) is 12.2. The number of hydrogen-bond acceptors (Lipinski definition) is 3. The van der Waals surface area contributed by atoms with Gasteiger partial charge < -0.3 is 10.2 Å². The third kappa shape index (κ3) is 4.66. The van der Waals surface area contributed by atoms with Crippen molar-refractivity contribution in [3.63, 3.8) is 0 Å². The molecule has 5 heteroatoms. The van der Waals surface area contributed by atoms with Gasteiger partial charge in [-0.15, -0.1) is 0 Å². The Hall–Kier alpha value is -2.69. The molecule has 1 N–H and O–H groups in total. The summed E-state index contributed by atoms with van der Waals surface area (Å²) in [6.45, 7) is 1.54. The average molecular weight is 337 g/mol. The van der Waals surface area contributed by atoms with Crippen molar-refractivity contribution >= 4 is 11.8 Å². The van der Waals surface area contributed by atoms with E-state index in [1.54, 1.807) is 18.3 Å². The van der Waals surface area contributed by atoms with Crippen LogP contribution in [0.2, 0.25) is 0 Å². The number of pyridine rings is 1. The summed E-state index contributed by atoms with van der Waals surface area (Å²) in [7, 11) is 0. The van der Waals surface area contributed by atoms with E-state index in [9.17, 15) is 9.59 Å². The summed E-state index contributed by atoms with van der Waals surface area (Å²) in [5.74, 6) is -0.264. The standard InChI is InChI=1S/C20H23N3O2/c24-19(17-10-7-11-21-15-17)22-18(14-16-8-3-1-4-9-16)20(25)23-12-5-2-6-13-23/h1,3-4,7-11,15,18H,2,5-6,12-14H2,(H,22,24). The molecular weight excluding hydrogens is 314 g/mol. The van der Waals surface area contributed by atoms with Crippen LogP contribution in [0.25, 0.3) is 0 Å². The fourth-order valence-electron chi connectivity index (χ4n) is 3.12. The van der Waals surface area contributed by atoms with Crippen molar-refractivity contribution in [3.05, 3.63) is 66.0 Å². The molecular formula is C20H23N3O2. The molecule has 0 saturated carbocycles. The number of carbonyl (C=O) groups excluding carboxylic acids is 2. The highest BCUT2D eigenvalue weighted by Gasteiger charge is 2.27. The van der Waals surface area contributed by atoms with Crippen molar-refractivity contribution in [2.45, 2.75) is 31.7 Å². The van der Waals surface area contributed by atoms with Crippen LogP contribution in [-0.4, -0.2) is 40.8 Å². The Kier molecular flexibility index (Phi) is 5.77. The topological polar surface area (TPSA) is 62.3 Å². The highest BCUT2D eigenvalue weighted by Crippen LogP contribution is 2.13. The largest absolute Gasteiger partial charge is 0.341 e. The minimum atomic E-state index is -0.562. The molecule has 0 radical (unpaired) electrons. The molecule has 1 aromatic heterocycles. The monoisotopic (exact) mass is 337 g/mol. The molecule has 1 aliphatic rings. The first-order valence-electron chi connectivity index (χ1n) is 8.77. The van der Waals surface area contributed by atoms with Crippen LogP contribution in [0.4, 0.5) is 0 Å². The summed E-state index contributed by atoms with van der Waals surface area (Å²) in [4.78, 5) is 31.3. The molecule has 5 nitrogen and oxygen atoms in total. The molecule has 3 rings (SSSR count). The first kappa shape index (κ1) is 17.1. The van der Waals surface area contributed by atoms with Crippen molar-refractivity contribution < 1.29 is 9.59 Å². The van der Waals surface area contributed by atoms with E-state index in [2.05, 4.69) is 10.3 Å². The van der Waals surface area contributed by atoms with E-state index in [0.717, 1.165) is 37.9 Å². The van der Waals surface area contributed by atoms with Crippen LogP contribution in [0.5, 0.6) is 0 Å². The quantitative estimate of drug-likeness (QED) is 0.911. The molecule has 2 heterocycles. The Labute approximate surface area is 148 Å². The molecule has 1 fully saturated rings. The summed E-state index contributed by atoms with van der Waals surface area (Å²) in [5.41, 5.74) is 1.50. The lowest BCUT2D eigenvalue weighted by Gasteiger charge is -2.31. The maximum Gasteiger partial charge on any atom is 0.253 e. The molecule has 0 spiro atoms. The van der Waals surface area contributed by atoms with Gasteiger partial charge in [-0.1, -0.05) is 30.3 Å². The summed E-state index contributed by atoms with van der Waals surface area (Å²) in [5, 5.41) is 2.91. The predicted octanol–water partition coefficient (Wildman–Crippen LogP) is 2.44. The summed E-state index contributed by atoms with van der Waals surface area (Å²) in [6, 6.07) is 12.6. The van der Waals surface area contributed by atoms with Gasteiger partial charge in [-0.2, -0.15) is 0 Å². The lowest BCUT2D eigenvalue weighted by molar-refractivity contribution is -0.134. The molecule has 1 atom stereocenters. The zero-order chi connectivity index (χ0) is 17.5. The number of carbonyl (C=O) groups is 2. The molecule has 1 saturated heterocycles. The second kappa shape index (κ2) is 8.42. The van der Waals surface area contributed by atoms with Crippen molar-refractivity contribution in [3.8, 4) is 0 Å². The zero-order valence-electron chi connectivity index (χ0n) is 14.2. The van der Waals surface area contributed by atoms with Gasteiger partial charge in [-0.25, -0.2) is 0 Å². The second-order valence-corrected chi connectivity index (χ2v) is 6.34. The Morgan fingerprint density at radius 2 is 1.80 bits per heavy atom. The highest BCUT2D eigenvalue weighted by atomic mass is 16.2. The van der Waals surface area contributed by atoms with E-state index in [1.807, 2.05) is 35.2 Å². The van der Waals surface area contributed by atoms with Crippen LogP contribution >= 0.6 is 0 Å². The number of likely N-dealkylation sites (tertiary alicyclic amines) is 1. The van der Waals surface area contributed by atoms with Gasteiger partial charge in [0.2, 0.25) is 5.91 Å². The van der Waals surface area contributed by atoms with Gasteiger partial charge in [0, 0.05) is 31.9 Å². The van der Waals surface area contributed by atoms with Crippen LogP contribution < -0.4 is 5.32 Å². The third-order valence-electron chi connectivity index (χ3n) is 4.48. The molecule has 2 amide bonds. The lowest BCUT2D eigenvalue weighted by atomic mass is 10.0. The molecule has 1 unspecified atom stereocenters. The number of nitrogens with zero attached hydrogens (tertiary/aromatic N) is 2. The van der Waals surface area contributed by atoms with Gasteiger partial charge in [0.15, 0.2) is 0 Å². The fourth-order valence-corrected chi connectivity index (χ4v) is 3.12. The number of nitrogens with one attached hydrogen (secondary N) is 1. The number of benzene rings is 1. The van der Waals surface area contributed by atoms with E-state index in [0.29, 0.717) is 12.0 Å². The minimum absolute atomic E-state index is 0.000735. The van der Waals surface area contributed by atoms with E-state index >= 15 is 0 Å². The summed E-state index contributed by atoms with van der Waals surface area (Å²) in [6.07, 6.45) is 6.84. The number of piperidine rings is 1. The van der Waals surface area contributed by atoms with Crippen molar-refractivity contribution in [2.75, 3.05) is 13.1 Å². The van der Waals surface area contributed by atoms with Gasteiger partial charge in [0.05, 0.1) is 5.56 Å². The molecule has 1 aliphatic heterocycles. The predicted molar refractivity (Wildman–Crippen MR) is 96.1 cm³/mol. The van der Waals surface area contributed by atoms with Crippen molar-refractivity contribution in [1.29, 1.82) is 0 Å². The molecule has 2 aromatic rings. The van der Waals surface area contributed by atoms with Crippen molar-refractivity contribution in [1.82, 2.24) is 15.2 Å². The number of aromatic nitrogens is 1. The Morgan fingerprint density at radius 3 is 2.48 bits per heavy atom. The lowest BCUT2D eigenvalue weighted by Crippen LogP contribution is -2.51. The van der Waals surface area contributed by atoms with Crippen LogP contribution in [-0.2, 0) is 11.2 Å². The summed E-state index contributed by atoms with van der Waals surface area (Å²) >= 11 is 0. The number of hydrogen-bond donors (Lipinski definition) is 1. The molecule has 25 heavy (non-hydrogen) atoms. The SMILES string of the molecule is O=C(NC(Cc1ccccc1)C(=O)N1CCCCC1)c1cccnc1. The Bertz CT molecular complexity index is 697. The smallest absolute Gasteiger partial charge is 0.253 e. The maximum atomic E-state index is 13.0. The van der Waals surface area contributed by atoms with Crippen LogP contribution in [0.3, 0.4) is 0 Å². The van der Waals surface area contributed by atoms with Crippen LogP contribution in [0.15, 0.2) is 54.9 Å². The average Bonchev–Trinajstić information content (AvgIpc) is 2.69. The molecule has 0 bridgehead atoms. The number of amides is 2. The van der Waals surface area contributed by atoms with E-state index < -0.39 is 6.04 Å². The van der Waals surface area contributed by atoms with Gasteiger partial charge in [0.1, 0.15) is 6.04 Å².